The van der Waals surface area contributed by atoms with Crippen molar-refractivity contribution in [1.29, 1.82) is 0 Å². The standard InChI is InChI=1S/C13H15NO2S/c14-13(12-8-17-6-5-15-12)11-7-9-3-1-2-4-10(9)16-11/h1-4,7,12-13H,5-6,8,14H2. The molecule has 2 atom stereocenters. The van der Waals surface area contributed by atoms with Crippen molar-refractivity contribution in [2.24, 2.45) is 5.73 Å². The van der Waals surface area contributed by atoms with Gasteiger partial charge in [-0.1, -0.05) is 18.2 Å². The second-order valence-corrected chi connectivity index (χ2v) is 5.35. The molecule has 2 unspecified atom stereocenters. The first-order chi connectivity index (χ1) is 8.34. The number of ether oxygens (including phenoxy) is 1. The van der Waals surface area contributed by atoms with Gasteiger partial charge in [-0.15, -0.1) is 0 Å². The van der Waals surface area contributed by atoms with E-state index in [-0.39, 0.29) is 12.1 Å². The van der Waals surface area contributed by atoms with Crippen molar-refractivity contribution in [2.45, 2.75) is 12.1 Å². The van der Waals surface area contributed by atoms with Gasteiger partial charge in [0.05, 0.1) is 18.8 Å². The van der Waals surface area contributed by atoms with Gasteiger partial charge in [0.1, 0.15) is 11.3 Å². The number of hydrogen-bond acceptors (Lipinski definition) is 4. The van der Waals surface area contributed by atoms with Gasteiger partial charge in [0.2, 0.25) is 0 Å². The summed E-state index contributed by atoms with van der Waals surface area (Å²) in [6.07, 6.45) is 0.0642. The summed E-state index contributed by atoms with van der Waals surface area (Å²) in [6, 6.07) is 9.81. The first kappa shape index (κ1) is 11.1. The van der Waals surface area contributed by atoms with Crippen molar-refractivity contribution in [3.63, 3.8) is 0 Å². The van der Waals surface area contributed by atoms with E-state index in [1.165, 1.54) is 0 Å². The van der Waals surface area contributed by atoms with Crippen LogP contribution in [0.3, 0.4) is 0 Å². The van der Waals surface area contributed by atoms with E-state index in [0.717, 1.165) is 34.8 Å². The molecular formula is C13H15NO2S. The number of fused-ring (bicyclic) bond motifs is 1. The molecule has 1 aromatic carbocycles. The zero-order chi connectivity index (χ0) is 11.7. The van der Waals surface area contributed by atoms with Crippen LogP contribution in [0.1, 0.15) is 11.8 Å². The average molecular weight is 249 g/mol. The predicted molar refractivity (Wildman–Crippen MR) is 70.2 cm³/mol. The monoisotopic (exact) mass is 249 g/mol. The van der Waals surface area contributed by atoms with Crippen LogP contribution in [0.2, 0.25) is 0 Å². The number of para-hydroxylation sites is 1. The molecule has 0 radical (unpaired) electrons. The lowest BCUT2D eigenvalue weighted by molar-refractivity contribution is 0.0522. The number of hydrogen-bond donors (Lipinski definition) is 1. The van der Waals surface area contributed by atoms with E-state index in [2.05, 4.69) is 0 Å². The van der Waals surface area contributed by atoms with Gasteiger partial charge in [-0.25, -0.2) is 0 Å². The SMILES string of the molecule is NC(c1cc2ccccc2o1)C1CSCCO1. The minimum Gasteiger partial charge on any atom is -0.459 e. The summed E-state index contributed by atoms with van der Waals surface area (Å²) in [5.74, 6) is 2.82. The number of nitrogens with two attached hydrogens (primary N) is 1. The fourth-order valence-corrected chi connectivity index (χ4v) is 2.98. The Bertz CT molecular complexity index is 472. The zero-order valence-electron chi connectivity index (χ0n) is 9.46. The van der Waals surface area contributed by atoms with Crippen LogP contribution in [0.25, 0.3) is 11.0 Å². The van der Waals surface area contributed by atoms with Crippen molar-refractivity contribution < 1.29 is 9.15 Å². The summed E-state index contributed by atoms with van der Waals surface area (Å²) in [6.45, 7) is 0.781. The highest BCUT2D eigenvalue weighted by atomic mass is 32.2. The van der Waals surface area contributed by atoms with Gasteiger partial charge in [-0.3, -0.25) is 0 Å². The Morgan fingerprint density at radius 1 is 1.35 bits per heavy atom. The molecular weight excluding hydrogens is 234 g/mol. The predicted octanol–water partition coefficient (Wildman–Crippen LogP) is 2.56. The lowest BCUT2D eigenvalue weighted by atomic mass is 10.1. The van der Waals surface area contributed by atoms with Crippen LogP contribution >= 0.6 is 11.8 Å². The van der Waals surface area contributed by atoms with Crippen LogP contribution in [-0.2, 0) is 4.74 Å². The molecule has 0 aliphatic carbocycles. The largest absolute Gasteiger partial charge is 0.459 e. The van der Waals surface area contributed by atoms with E-state index in [1.54, 1.807) is 0 Å². The first-order valence-electron chi connectivity index (χ1n) is 5.78. The van der Waals surface area contributed by atoms with Crippen LogP contribution in [0.15, 0.2) is 34.7 Å². The fraction of sp³-hybridized carbons (Fsp3) is 0.385. The molecule has 4 heteroatoms. The van der Waals surface area contributed by atoms with Crippen LogP contribution < -0.4 is 5.73 Å². The average Bonchev–Trinajstić information content (AvgIpc) is 2.82. The molecule has 1 saturated heterocycles. The summed E-state index contributed by atoms with van der Waals surface area (Å²) in [7, 11) is 0. The maximum Gasteiger partial charge on any atom is 0.134 e. The van der Waals surface area contributed by atoms with E-state index in [4.69, 9.17) is 14.9 Å². The summed E-state index contributed by atoms with van der Waals surface area (Å²) < 4.78 is 11.5. The molecule has 0 saturated carbocycles. The maximum atomic E-state index is 6.20. The normalized spacial score (nSPS) is 22.8. The second-order valence-electron chi connectivity index (χ2n) is 4.20. The lowest BCUT2D eigenvalue weighted by Crippen LogP contribution is -2.34. The minimum atomic E-state index is -0.171. The maximum absolute atomic E-state index is 6.20. The fourth-order valence-electron chi connectivity index (χ4n) is 2.06. The third-order valence-corrected chi connectivity index (χ3v) is 4.03. The zero-order valence-corrected chi connectivity index (χ0v) is 10.3. The topological polar surface area (TPSA) is 48.4 Å². The Morgan fingerprint density at radius 2 is 2.24 bits per heavy atom. The quantitative estimate of drug-likeness (QED) is 0.888. The van der Waals surface area contributed by atoms with Crippen molar-refractivity contribution in [1.82, 2.24) is 0 Å². The molecule has 2 aromatic rings. The van der Waals surface area contributed by atoms with Gasteiger partial charge < -0.3 is 14.9 Å². The van der Waals surface area contributed by atoms with Crippen LogP contribution in [0.4, 0.5) is 0 Å². The highest BCUT2D eigenvalue weighted by molar-refractivity contribution is 7.99. The second kappa shape index (κ2) is 4.72. The van der Waals surface area contributed by atoms with Crippen molar-refractivity contribution in [3.05, 3.63) is 36.1 Å². The number of rotatable bonds is 2. The molecule has 1 aromatic heterocycles. The van der Waals surface area contributed by atoms with Gasteiger partial charge in [0.15, 0.2) is 0 Å². The molecule has 1 fully saturated rings. The Morgan fingerprint density at radius 3 is 3.00 bits per heavy atom. The van der Waals surface area contributed by atoms with Crippen molar-refractivity contribution in [3.8, 4) is 0 Å². The Labute approximate surface area is 104 Å². The van der Waals surface area contributed by atoms with Crippen LogP contribution in [0.5, 0.6) is 0 Å². The molecule has 3 rings (SSSR count). The van der Waals surface area contributed by atoms with Gasteiger partial charge >= 0.3 is 0 Å². The Hall–Kier alpha value is -0.970. The van der Waals surface area contributed by atoms with E-state index in [0.29, 0.717) is 0 Å². The summed E-state index contributed by atoms with van der Waals surface area (Å²) in [4.78, 5) is 0. The van der Waals surface area contributed by atoms with E-state index >= 15 is 0 Å². The number of thioether (sulfide) groups is 1. The van der Waals surface area contributed by atoms with Gasteiger partial charge in [-0.2, -0.15) is 11.8 Å². The highest BCUT2D eigenvalue weighted by Gasteiger charge is 2.25. The van der Waals surface area contributed by atoms with Crippen LogP contribution in [-0.4, -0.2) is 24.2 Å². The molecule has 0 bridgehead atoms. The molecule has 2 heterocycles. The third-order valence-electron chi connectivity index (χ3n) is 3.02. The molecule has 17 heavy (non-hydrogen) atoms. The van der Waals surface area contributed by atoms with Crippen molar-refractivity contribution in [2.75, 3.05) is 18.1 Å². The molecule has 0 amide bonds. The Kier molecular flexibility index (Phi) is 3.09. The van der Waals surface area contributed by atoms with Crippen molar-refractivity contribution >= 4 is 22.7 Å². The van der Waals surface area contributed by atoms with E-state index < -0.39 is 0 Å². The number of furan rings is 1. The summed E-state index contributed by atoms with van der Waals surface area (Å²) >= 11 is 1.89. The van der Waals surface area contributed by atoms with Crippen LogP contribution in [0, 0.1) is 0 Å². The Balaban J connectivity index is 1.86. The molecule has 1 aliphatic heterocycles. The van der Waals surface area contributed by atoms with E-state index in [9.17, 15) is 0 Å². The summed E-state index contributed by atoms with van der Waals surface area (Å²) in [5.41, 5.74) is 7.09. The molecule has 90 valence electrons. The lowest BCUT2D eigenvalue weighted by Gasteiger charge is -2.26. The van der Waals surface area contributed by atoms with E-state index in [1.807, 2.05) is 42.1 Å². The van der Waals surface area contributed by atoms with Gasteiger partial charge in [0, 0.05) is 16.9 Å². The number of benzene rings is 1. The smallest absolute Gasteiger partial charge is 0.134 e. The minimum absolute atomic E-state index is 0.0642. The molecule has 1 aliphatic rings. The molecule has 3 nitrogen and oxygen atoms in total. The molecule has 0 spiro atoms. The van der Waals surface area contributed by atoms with Gasteiger partial charge in [-0.05, 0) is 12.1 Å². The van der Waals surface area contributed by atoms with Gasteiger partial charge in [0.25, 0.3) is 0 Å². The summed E-state index contributed by atoms with van der Waals surface area (Å²) in [5, 5.41) is 1.10. The third kappa shape index (κ3) is 2.20. The first-order valence-corrected chi connectivity index (χ1v) is 6.93. The molecule has 2 N–H and O–H groups in total. The highest BCUT2D eigenvalue weighted by Crippen LogP contribution is 2.28.